The van der Waals surface area contributed by atoms with Gasteiger partial charge in [-0.1, -0.05) is 36.4 Å². The highest BCUT2D eigenvalue weighted by Gasteiger charge is 2.12. The van der Waals surface area contributed by atoms with Crippen molar-refractivity contribution in [1.82, 2.24) is 10.2 Å². The topological polar surface area (TPSA) is 76.2 Å². The molecule has 4 aromatic rings. The molecule has 0 aliphatic carbocycles. The molecule has 1 aromatic heterocycles. The van der Waals surface area contributed by atoms with Gasteiger partial charge in [0.2, 0.25) is 0 Å². The number of nitrogens with zero attached hydrogens (tertiary/aromatic N) is 1. The quantitative estimate of drug-likeness (QED) is 0.435. The maximum atomic E-state index is 13.7. The van der Waals surface area contributed by atoms with E-state index in [9.17, 15) is 13.6 Å². The van der Waals surface area contributed by atoms with Gasteiger partial charge >= 0.3 is 0 Å². The van der Waals surface area contributed by atoms with Crippen molar-refractivity contribution in [2.75, 3.05) is 11.9 Å². The van der Waals surface area contributed by atoms with Crippen LogP contribution in [0.1, 0.15) is 11.1 Å². The molecule has 0 fully saturated rings. The van der Waals surface area contributed by atoms with Gasteiger partial charge in [0.25, 0.3) is 5.91 Å². The molecule has 0 unspecified atom stereocenters. The van der Waals surface area contributed by atoms with Gasteiger partial charge in [-0.15, -0.1) is 0 Å². The van der Waals surface area contributed by atoms with Crippen LogP contribution >= 0.6 is 0 Å². The SMILES string of the molecule is O=C(COCc1ccccc1)Nc1n[nH]c2cc(OCc3c(F)cccc3F)ccc12. The van der Waals surface area contributed by atoms with E-state index >= 15 is 0 Å². The summed E-state index contributed by atoms with van der Waals surface area (Å²) in [5, 5.41) is 10.3. The Morgan fingerprint density at radius 2 is 1.74 bits per heavy atom. The highest BCUT2D eigenvalue weighted by molar-refractivity contribution is 6.00. The van der Waals surface area contributed by atoms with Gasteiger partial charge in [0.05, 0.1) is 17.7 Å². The zero-order valence-corrected chi connectivity index (χ0v) is 16.4. The van der Waals surface area contributed by atoms with Crippen LogP contribution in [0.15, 0.2) is 66.7 Å². The zero-order valence-electron chi connectivity index (χ0n) is 16.4. The van der Waals surface area contributed by atoms with Crippen molar-refractivity contribution >= 4 is 22.6 Å². The minimum atomic E-state index is -0.665. The number of aromatic nitrogens is 2. The van der Waals surface area contributed by atoms with Gasteiger partial charge in [0.15, 0.2) is 5.82 Å². The Balaban J connectivity index is 1.35. The minimum absolute atomic E-state index is 0.112. The summed E-state index contributed by atoms with van der Waals surface area (Å²) in [5.41, 5.74) is 1.44. The molecule has 8 heteroatoms. The number of H-pyrrole nitrogens is 1. The van der Waals surface area contributed by atoms with E-state index in [1.54, 1.807) is 18.2 Å². The molecule has 1 amide bonds. The molecule has 0 spiro atoms. The Hall–Kier alpha value is -3.78. The number of rotatable bonds is 8. The number of carbonyl (C=O) groups excluding carboxylic acids is 1. The molecule has 4 rings (SSSR count). The van der Waals surface area contributed by atoms with Crippen LogP contribution in [0.25, 0.3) is 10.9 Å². The van der Waals surface area contributed by atoms with Crippen LogP contribution in [0.5, 0.6) is 5.75 Å². The molecule has 0 aliphatic rings. The third-order valence-electron chi connectivity index (χ3n) is 4.58. The summed E-state index contributed by atoms with van der Waals surface area (Å²) >= 11 is 0. The third kappa shape index (κ3) is 5.04. The van der Waals surface area contributed by atoms with Crippen molar-refractivity contribution in [2.24, 2.45) is 0 Å². The predicted molar refractivity (Wildman–Crippen MR) is 112 cm³/mol. The Kier molecular flexibility index (Phi) is 6.18. The largest absolute Gasteiger partial charge is 0.489 e. The van der Waals surface area contributed by atoms with Crippen LogP contribution in [0, 0.1) is 11.6 Å². The van der Waals surface area contributed by atoms with E-state index in [4.69, 9.17) is 9.47 Å². The van der Waals surface area contributed by atoms with Crippen molar-refractivity contribution in [2.45, 2.75) is 13.2 Å². The first-order chi connectivity index (χ1) is 15.1. The molecule has 6 nitrogen and oxygen atoms in total. The third-order valence-corrected chi connectivity index (χ3v) is 4.58. The van der Waals surface area contributed by atoms with E-state index in [2.05, 4.69) is 15.5 Å². The number of nitrogens with one attached hydrogen (secondary N) is 2. The molecule has 3 aromatic carbocycles. The number of carbonyl (C=O) groups is 1. The van der Waals surface area contributed by atoms with Gasteiger partial charge in [0, 0.05) is 11.5 Å². The summed E-state index contributed by atoms with van der Waals surface area (Å²) in [4.78, 5) is 12.1. The molecule has 0 radical (unpaired) electrons. The minimum Gasteiger partial charge on any atom is -0.489 e. The molecular formula is C23H19F2N3O3. The first kappa shape index (κ1) is 20.5. The molecule has 2 N–H and O–H groups in total. The number of aromatic amines is 1. The summed E-state index contributed by atoms with van der Waals surface area (Å²) in [5.74, 6) is -0.901. The molecule has 0 saturated carbocycles. The maximum absolute atomic E-state index is 13.7. The van der Waals surface area contributed by atoms with Crippen molar-refractivity contribution in [3.05, 3.63) is 89.5 Å². The molecule has 31 heavy (non-hydrogen) atoms. The van der Waals surface area contributed by atoms with Crippen LogP contribution in [0.4, 0.5) is 14.6 Å². The summed E-state index contributed by atoms with van der Waals surface area (Å²) in [7, 11) is 0. The Morgan fingerprint density at radius 1 is 0.968 bits per heavy atom. The number of anilines is 1. The molecule has 158 valence electrons. The molecule has 0 saturated heterocycles. The second kappa shape index (κ2) is 9.36. The normalized spacial score (nSPS) is 10.9. The summed E-state index contributed by atoms with van der Waals surface area (Å²) in [6, 6.07) is 18.2. The van der Waals surface area contributed by atoms with E-state index in [1.807, 2.05) is 30.3 Å². The monoisotopic (exact) mass is 423 g/mol. The number of halogens is 2. The Morgan fingerprint density at radius 3 is 2.52 bits per heavy atom. The maximum Gasteiger partial charge on any atom is 0.251 e. The number of fused-ring (bicyclic) bond motifs is 1. The zero-order chi connectivity index (χ0) is 21.6. The standard InChI is InChI=1S/C23H19F2N3O3/c24-19-7-4-8-20(25)18(19)13-31-16-9-10-17-21(11-16)27-28-23(17)26-22(29)14-30-12-15-5-2-1-3-6-15/h1-11H,12-14H2,(H2,26,27,28,29). The molecular weight excluding hydrogens is 404 g/mol. The van der Waals surface area contributed by atoms with Gasteiger partial charge in [-0.25, -0.2) is 8.78 Å². The van der Waals surface area contributed by atoms with Crippen molar-refractivity contribution in [3.63, 3.8) is 0 Å². The van der Waals surface area contributed by atoms with Crippen LogP contribution in [-0.4, -0.2) is 22.7 Å². The molecule has 0 aliphatic heterocycles. The Bertz CT molecular complexity index is 1180. The first-order valence-corrected chi connectivity index (χ1v) is 9.55. The van der Waals surface area contributed by atoms with Crippen molar-refractivity contribution in [1.29, 1.82) is 0 Å². The predicted octanol–water partition coefficient (Wildman–Crippen LogP) is 4.58. The van der Waals surface area contributed by atoms with E-state index in [0.29, 0.717) is 29.1 Å². The van der Waals surface area contributed by atoms with Crippen molar-refractivity contribution < 1.29 is 23.0 Å². The number of amides is 1. The highest BCUT2D eigenvalue weighted by atomic mass is 19.1. The number of ether oxygens (including phenoxy) is 2. The lowest BCUT2D eigenvalue weighted by Crippen LogP contribution is -2.18. The van der Waals surface area contributed by atoms with Crippen LogP contribution in [0.2, 0.25) is 0 Å². The molecule has 0 bridgehead atoms. The van der Waals surface area contributed by atoms with Gasteiger partial charge in [0.1, 0.15) is 30.6 Å². The van der Waals surface area contributed by atoms with E-state index in [1.165, 1.54) is 18.2 Å². The van der Waals surface area contributed by atoms with E-state index in [-0.39, 0.29) is 24.7 Å². The van der Waals surface area contributed by atoms with Gasteiger partial charge in [-0.3, -0.25) is 9.89 Å². The van der Waals surface area contributed by atoms with E-state index in [0.717, 1.165) is 5.56 Å². The Labute approximate surface area is 176 Å². The van der Waals surface area contributed by atoms with E-state index < -0.39 is 11.6 Å². The van der Waals surface area contributed by atoms with Gasteiger partial charge in [-0.2, -0.15) is 5.10 Å². The average Bonchev–Trinajstić information content (AvgIpc) is 3.16. The summed E-state index contributed by atoms with van der Waals surface area (Å²) in [6.07, 6.45) is 0. The van der Waals surface area contributed by atoms with Crippen LogP contribution in [0.3, 0.4) is 0 Å². The van der Waals surface area contributed by atoms with Gasteiger partial charge < -0.3 is 14.8 Å². The second-order valence-electron chi connectivity index (χ2n) is 6.80. The smallest absolute Gasteiger partial charge is 0.251 e. The fourth-order valence-corrected chi connectivity index (χ4v) is 3.01. The fraction of sp³-hybridized carbons (Fsp3) is 0.130. The lowest BCUT2D eigenvalue weighted by molar-refractivity contribution is -0.121. The number of hydrogen-bond donors (Lipinski definition) is 2. The molecule has 1 heterocycles. The number of benzene rings is 3. The van der Waals surface area contributed by atoms with Crippen LogP contribution in [-0.2, 0) is 22.7 Å². The lowest BCUT2D eigenvalue weighted by atomic mass is 10.2. The fourth-order valence-electron chi connectivity index (χ4n) is 3.01. The second-order valence-corrected chi connectivity index (χ2v) is 6.80. The lowest BCUT2D eigenvalue weighted by Gasteiger charge is -2.08. The average molecular weight is 423 g/mol. The number of hydrogen-bond acceptors (Lipinski definition) is 4. The van der Waals surface area contributed by atoms with Crippen LogP contribution < -0.4 is 10.1 Å². The van der Waals surface area contributed by atoms with Gasteiger partial charge in [-0.05, 0) is 29.8 Å². The molecule has 0 atom stereocenters. The van der Waals surface area contributed by atoms with Crippen molar-refractivity contribution in [3.8, 4) is 5.75 Å². The highest BCUT2D eigenvalue weighted by Crippen LogP contribution is 2.26. The summed E-state index contributed by atoms with van der Waals surface area (Å²) < 4.78 is 38.4. The summed E-state index contributed by atoms with van der Waals surface area (Å²) in [6.45, 7) is -0.0297. The first-order valence-electron chi connectivity index (χ1n) is 9.55.